The summed E-state index contributed by atoms with van der Waals surface area (Å²) in [6, 6.07) is 11.9. The van der Waals surface area contributed by atoms with Crippen LogP contribution < -0.4 is 0 Å². The first-order valence-electron chi connectivity index (χ1n) is 11.5. The van der Waals surface area contributed by atoms with Gasteiger partial charge in [0.25, 0.3) is 0 Å². The molecule has 0 aromatic heterocycles. The molecule has 8 heteroatoms. The Labute approximate surface area is 196 Å². The molecule has 2 aromatic carbocycles. The zero-order valence-electron chi connectivity index (χ0n) is 19.1. The van der Waals surface area contributed by atoms with Gasteiger partial charge in [-0.1, -0.05) is 24.3 Å². The number of ketones is 1. The minimum absolute atomic E-state index is 0.0129. The second-order valence-electron chi connectivity index (χ2n) is 8.98. The fraction of sp³-hybridized carbons (Fsp3) is 0.480. The third-order valence-electron chi connectivity index (χ3n) is 6.50. The molecule has 0 saturated carbocycles. The first-order chi connectivity index (χ1) is 15.8. The number of phenols is 1. The van der Waals surface area contributed by atoms with E-state index in [2.05, 4.69) is 4.90 Å². The minimum atomic E-state index is -3.58. The molecule has 0 radical (unpaired) electrons. The van der Waals surface area contributed by atoms with E-state index < -0.39 is 10.0 Å². The van der Waals surface area contributed by atoms with Crippen LogP contribution in [0.3, 0.4) is 0 Å². The van der Waals surface area contributed by atoms with Crippen LogP contribution in [0, 0.1) is 6.92 Å². The quantitative estimate of drug-likeness (QED) is 0.635. The molecule has 0 aliphatic carbocycles. The molecule has 2 heterocycles. The van der Waals surface area contributed by atoms with Crippen LogP contribution >= 0.6 is 0 Å². The third-order valence-corrected chi connectivity index (χ3v) is 8.47. The lowest BCUT2D eigenvalue weighted by Gasteiger charge is -2.32. The Morgan fingerprint density at radius 3 is 2.39 bits per heavy atom. The van der Waals surface area contributed by atoms with Crippen LogP contribution in [0.2, 0.25) is 0 Å². The maximum Gasteiger partial charge on any atom is 0.243 e. The van der Waals surface area contributed by atoms with Crippen molar-refractivity contribution in [3.63, 3.8) is 0 Å². The Hall–Kier alpha value is -2.26. The summed E-state index contributed by atoms with van der Waals surface area (Å²) in [5, 5.41) is 9.83. The molecule has 1 atom stereocenters. The largest absolute Gasteiger partial charge is 0.508 e. The van der Waals surface area contributed by atoms with Crippen LogP contribution in [0.4, 0.5) is 0 Å². The molecule has 0 unspecified atom stereocenters. The van der Waals surface area contributed by atoms with Gasteiger partial charge in [-0.05, 0) is 54.7 Å². The smallest absolute Gasteiger partial charge is 0.243 e. The number of carbonyl (C=O) groups excluding carboxylic acids is 1. The van der Waals surface area contributed by atoms with Crippen molar-refractivity contribution in [2.24, 2.45) is 0 Å². The summed E-state index contributed by atoms with van der Waals surface area (Å²) >= 11 is 0. The number of aryl methyl sites for hydroxylation is 1. The van der Waals surface area contributed by atoms with Gasteiger partial charge < -0.3 is 9.84 Å². The number of benzene rings is 2. The number of sulfonamides is 1. The van der Waals surface area contributed by atoms with Gasteiger partial charge in [-0.15, -0.1) is 0 Å². The summed E-state index contributed by atoms with van der Waals surface area (Å²) in [5.74, 6) is 0.197. The Balaban J connectivity index is 1.38. The predicted molar refractivity (Wildman–Crippen MR) is 126 cm³/mol. The topological polar surface area (TPSA) is 87.2 Å². The summed E-state index contributed by atoms with van der Waals surface area (Å²) in [5.41, 5.74) is 2.32. The number of aromatic hydroxyl groups is 1. The van der Waals surface area contributed by atoms with E-state index in [0.717, 1.165) is 49.2 Å². The van der Waals surface area contributed by atoms with E-state index in [1.54, 1.807) is 40.7 Å². The second kappa shape index (κ2) is 10.3. The van der Waals surface area contributed by atoms with Crippen LogP contribution in [0.25, 0.3) is 0 Å². The second-order valence-corrected chi connectivity index (χ2v) is 10.9. The number of rotatable bonds is 8. The van der Waals surface area contributed by atoms with Gasteiger partial charge in [-0.25, -0.2) is 8.42 Å². The van der Waals surface area contributed by atoms with Crippen LogP contribution in [-0.2, 0) is 32.4 Å². The summed E-state index contributed by atoms with van der Waals surface area (Å²) < 4.78 is 33.7. The molecule has 2 aromatic rings. The van der Waals surface area contributed by atoms with Crippen LogP contribution in [0.15, 0.2) is 47.4 Å². The van der Waals surface area contributed by atoms with Crippen molar-refractivity contribution < 1.29 is 23.1 Å². The van der Waals surface area contributed by atoms with Gasteiger partial charge in [0.15, 0.2) is 0 Å². The number of morpholine rings is 1. The van der Waals surface area contributed by atoms with Crippen LogP contribution in [0.5, 0.6) is 5.75 Å². The molecule has 178 valence electrons. The van der Waals surface area contributed by atoms with Crippen LogP contribution in [-0.4, -0.2) is 73.9 Å². The van der Waals surface area contributed by atoms with Gasteiger partial charge in [0.2, 0.25) is 10.0 Å². The van der Waals surface area contributed by atoms with Crippen molar-refractivity contribution in [3.05, 3.63) is 59.2 Å². The summed E-state index contributed by atoms with van der Waals surface area (Å²) in [4.78, 5) is 15.0. The summed E-state index contributed by atoms with van der Waals surface area (Å²) in [6.45, 7) is 6.17. The molecule has 7 nitrogen and oxygen atoms in total. The number of carbonyl (C=O) groups is 1. The highest BCUT2D eigenvalue weighted by molar-refractivity contribution is 7.89. The van der Waals surface area contributed by atoms with E-state index in [-0.39, 0.29) is 35.3 Å². The number of hydrogen-bond acceptors (Lipinski definition) is 6. The SMILES string of the molecule is Cc1ccc(CC(=O)Cc2ccc(S(=O)(=O)N3CCC[C@@H]3CN3CCOCC3)cc2)cc1O. The van der Waals surface area contributed by atoms with Crippen molar-refractivity contribution in [1.29, 1.82) is 0 Å². The van der Waals surface area contributed by atoms with Gasteiger partial charge >= 0.3 is 0 Å². The molecular formula is C25H32N2O5S. The van der Waals surface area contributed by atoms with Gasteiger partial charge in [-0.3, -0.25) is 9.69 Å². The Kier molecular flexibility index (Phi) is 7.48. The monoisotopic (exact) mass is 472 g/mol. The molecule has 1 N–H and O–H groups in total. The van der Waals surface area contributed by atoms with E-state index in [0.29, 0.717) is 19.8 Å². The van der Waals surface area contributed by atoms with Gasteiger partial charge in [0, 0.05) is 45.1 Å². The highest BCUT2D eigenvalue weighted by Gasteiger charge is 2.36. The first kappa shape index (κ1) is 23.9. The van der Waals surface area contributed by atoms with Gasteiger partial charge in [0.05, 0.1) is 18.1 Å². The maximum absolute atomic E-state index is 13.3. The minimum Gasteiger partial charge on any atom is -0.508 e. The molecule has 0 amide bonds. The Morgan fingerprint density at radius 2 is 1.70 bits per heavy atom. The zero-order valence-corrected chi connectivity index (χ0v) is 19.9. The molecule has 2 saturated heterocycles. The fourth-order valence-electron chi connectivity index (χ4n) is 4.59. The van der Waals surface area contributed by atoms with Crippen LogP contribution in [0.1, 0.15) is 29.5 Å². The van der Waals surface area contributed by atoms with Crippen molar-refractivity contribution >= 4 is 15.8 Å². The van der Waals surface area contributed by atoms with E-state index in [4.69, 9.17) is 4.74 Å². The van der Waals surface area contributed by atoms with Crippen molar-refractivity contribution in [3.8, 4) is 5.75 Å². The lowest BCUT2D eigenvalue weighted by atomic mass is 10.0. The van der Waals surface area contributed by atoms with Gasteiger partial charge in [-0.2, -0.15) is 4.31 Å². The molecule has 33 heavy (non-hydrogen) atoms. The number of phenolic OH excluding ortho intramolecular Hbond substituents is 1. The molecule has 2 aliphatic heterocycles. The van der Waals surface area contributed by atoms with E-state index in [1.807, 2.05) is 13.0 Å². The van der Waals surface area contributed by atoms with E-state index in [1.165, 1.54) is 0 Å². The predicted octanol–water partition coefficient (Wildman–Crippen LogP) is 2.54. The number of ether oxygens (including phenoxy) is 1. The number of nitrogens with zero attached hydrogens (tertiary/aromatic N) is 2. The fourth-order valence-corrected chi connectivity index (χ4v) is 6.27. The normalized spacial score (nSPS) is 20.2. The van der Waals surface area contributed by atoms with E-state index >= 15 is 0 Å². The lowest BCUT2D eigenvalue weighted by Crippen LogP contribution is -2.46. The highest BCUT2D eigenvalue weighted by atomic mass is 32.2. The van der Waals surface area contributed by atoms with Gasteiger partial charge in [0.1, 0.15) is 11.5 Å². The molecule has 0 spiro atoms. The first-order valence-corrected chi connectivity index (χ1v) is 13.0. The number of Topliss-reactive ketones (excluding diaryl/α,β-unsaturated/α-hetero) is 1. The molecular weight excluding hydrogens is 440 g/mol. The molecule has 2 fully saturated rings. The Bertz CT molecular complexity index is 1080. The van der Waals surface area contributed by atoms with Crippen molar-refractivity contribution in [1.82, 2.24) is 9.21 Å². The number of hydrogen-bond donors (Lipinski definition) is 1. The molecule has 4 rings (SSSR count). The van der Waals surface area contributed by atoms with E-state index in [9.17, 15) is 18.3 Å². The standard InChI is InChI=1S/C25H32N2O5S/c1-19-4-5-21(17-25(19)29)16-23(28)15-20-6-8-24(9-7-20)33(30,31)27-10-2-3-22(27)18-26-11-13-32-14-12-26/h4-9,17,22,29H,2-3,10-16,18H2,1H3/t22-/m1/s1. The van der Waals surface area contributed by atoms with Crippen molar-refractivity contribution in [2.45, 2.75) is 43.5 Å². The summed E-state index contributed by atoms with van der Waals surface area (Å²) in [7, 11) is -3.58. The molecule has 0 bridgehead atoms. The molecule has 2 aliphatic rings. The Morgan fingerprint density at radius 1 is 1.03 bits per heavy atom. The highest BCUT2D eigenvalue weighted by Crippen LogP contribution is 2.27. The average Bonchev–Trinajstić information content (AvgIpc) is 3.26. The average molecular weight is 473 g/mol. The summed E-state index contributed by atoms with van der Waals surface area (Å²) in [6.07, 6.45) is 2.19. The van der Waals surface area contributed by atoms with Crippen molar-refractivity contribution in [2.75, 3.05) is 39.4 Å². The lowest BCUT2D eigenvalue weighted by molar-refractivity contribution is -0.117. The third kappa shape index (κ3) is 5.81. The maximum atomic E-state index is 13.3. The zero-order chi connectivity index (χ0) is 23.4.